The van der Waals surface area contributed by atoms with Crippen molar-refractivity contribution in [2.24, 2.45) is 0 Å². The molecule has 156 valence electrons. The Kier molecular flexibility index (Phi) is 5.51. The Morgan fingerprint density at radius 1 is 1.17 bits per heavy atom. The summed E-state index contributed by atoms with van der Waals surface area (Å²) in [6.07, 6.45) is 0.0497. The molecule has 0 fully saturated rings. The van der Waals surface area contributed by atoms with E-state index in [9.17, 15) is 4.79 Å². The fourth-order valence-corrected chi connectivity index (χ4v) is 4.85. The summed E-state index contributed by atoms with van der Waals surface area (Å²) in [5.74, 6) is 2.16. The second-order valence-corrected chi connectivity index (χ2v) is 8.75. The number of thioether (sulfide) groups is 1. The van der Waals surface area contributed by atoms with Crippen LogP contribution < -0.4 is 10.1 Å². The number of nitrogens with one attached hydrogen (secondary N) is 1. The van der Waals surface area contributed by atoms with Crippen LogP contribution in [-0.4, -0.2) is 37.5 Å². The van der Waals surface area contributed by atoms with E-state index in [1.807, 2.05) is 58.9 Å². The molecule has 0 saturated heterocycles. The number of hydrogen-bond donors (Lipinski definition) is 1. The van der Waals surface area contributed by atoms with Gasteiger partial charge in [0.2, 0.25) is 5.91 Å². The standard InChI is InChI=1S/C22H25N5O2S/c1-12(2)29-17-9-7-6-8-16(17)20-19-15(5)26-27(21(19)25-18(28)11-30-20)22-23-13(3)10-14(4)24-22/h6-10,12,20H,11H2,1-5H3,(H,25,28)/t20-/m1/s1. The van der Waals surface area contributed by atoms with Crippen LogP contribution in [0.3, 0.4) is 0 Å². The number of anilines is 1. The minimum absolute atomic E-state index is 0.0497. The molecule has 0 spiro atoms. The molecule has 30 heavy (non-hydrogen) atoms. The van der Waals surface area contributed by atoms with Crippen LogP contribution in [0.5, 0.6) is 5.75 Å². The first kappa shape index (κ1) is 20.4. The molecule has 2 aromatic heterocycles. The third kappa shape index (κ3) is 3.92. The maximum atomic E-state index is 12.6. The van der Waals surface area contributed by atoms with E-state index in [-0.39, 0.29) is 17.3 Å². The van der Waals surface area contributed by atoms with E-state index in [0.717, 1.165) is 34.0 Å². The van der Waals surface area contributed by atoms with Crippen molar-refractivity contribution in [1.29, 1.82) is 0 Å². The molecule has 1 aliphatic heterocycles. The normalized spacial score (nSPS) is 16.2. The number of nitrogens with zero attached hydrogens (tertiary/aromatic N) is 4. The Labute approximate surface area is 180 Å². The lowest BCUT2D eigenvalue weighted by atomic mass is 10.0. The molecule has 0 aliphatic carbocycles. The highest BCUT2D eigenvalue weighted by atomic mass is 32.2. The van der Waals surface area contributed by atoms with Crippen molar-refractivity contribution in [3.63, 3.8) is 0 Å². The van der Waals surface area contributed by atoms with Gasteiger partial charge in [-0.05, 0) is 46.8 Å². The molecule has 1 N–H and O–H groups in total. The average Bonchev–Trinajstić information content (AvgIpc) is 2.87. The molecule has 7 nitrogen and oxygen atoms in total. The fraction of sp³-hybridized carbons (Fsp3) is 0.364. The third-order valence-corrected chi connectivity index (χ3v) is 5.98. The number of para-hydroxylation sites is 1. The smallest absolute Gasteiger partial charge is 0.252 e. The molecule has 0 radical (unpaired) electrons. The average molecular weight is 424 g/mol. The topological polar surface area (TPSA) is 81.9 Å². The van der Waals surface area contributed by atoms with Crippen molar-refractivity contribution < 1.29 is 9.53 Å². The number of benzene rings is 1. The van der Waals surface area contributed by atoms with E-state index < -0.39 is 0 Å². The van der Waals surface area contributed by atoms with Crippen LogP contribution in [0.15, 0.2) is 30.3 Å². The van der Waals surface area contributed by atoms with E-state index in [4.69, 9.17) is 9.84 Å². The number of aryl methyl sites for hydroxylation is 3. The summed E-state index contributed by atoms with van der Waals surface area (Å²) in [5, 5.41) is 7.64. The van der Waals surface area contributed by atoms with Crippen LogP contribution in [0.2, 0.25) is 0 Å². The monoisotopic (exact) mass is 423 g/mol. The summed E-state index contributed by atoms with van der Waals surface area (Å²) in [7, 11) is 0. The van der Waals surface area contributed by atoms with Crippen molar-refractivity contribution >= 4 is 23.5 Å². The van der Waals surface area contributed by atoms with Gasteiger partial charge in [-0.25, -0.2) is 9.97 Å². The zero-order valence-electron chi connectivity index (χ0n) is 17.8. The Hall–Kier alpha value is -2.87. The molecule has 1 aliphatic rings. The molecular formula is C22H25N5O2S. The summed E-state index contributed by atoms with van der Waals surface area (Å²) >= 11 is 1.57. The lowest BCUT2D eigenvalue weighted by Gasteiger charge is -2.20. The van der Waals surface area contributed by atoms with Gasteiger partial charge in [0, 0.05) is 22.5 Å². The number of carbonyl (C=O) groups excluding carboxylic acids is 1. The van der Waals surface area contributed by atoms with Crippen LogP contribution >= 0.6 is 11.8 Å². The quantitative estimate of drug-likeness (QED) is 0.679. The van der Waals surface area contributed by atoms with E-state index in [2.05, 4.69) is 21.4 Å². The zero-order chi connectivity index (χ0) is 21.4. The molecule has 0 saturated carbocycles. The van der Waals surface area contributed by atoms with Crippen molar-refractivity contribution in [1.82, 2.24) is 19.7 Å². The summed E-state index contributed by atoms with van der Waals surface area (Å²) < 4.78 is 7.72. The molecule has 4 rings (SSSR count). The Bertz CT molecular complexity index is 1090. The molecule has 3 aromatic rings. The van der Waals surface area contributed by atoms with E-state index >= 15 is 0 Å². The summed E-state index contributed by atoms with van der Waals surface area (Å²) in [6.45, 7) is 9.81. The van der Waals surface area contributed by atoms with Crippen LogP contribution in [0.25, 0.3) is 5.95 Å². The van der Waals surface area contributed by atoms with E-state index in [1.54, 1.807) is 16.4 Å². The number of hydrogen-bond acceptors (Lipinski definition) is 6. The van der Waals surface area contributed by atoms with Gasteiger partial charge in [0.25, 0.3) is 5.95 Å². The molecule has 1 aromatic carbocycles. The first-order valence-corrected chi connectivity index (χ1v) is 11.0. The van der Waals surface area contributed by atoms with Gasteiger partial charge in [-0.2, -0.15) is 9.78 Å². The predicted molar refractivity (Wildman–Crippen MR) is 119 cm³/mol. The molecular weight excluding hydrogens is 398 g/mol. The fourth-order valence-electron chi connectivity index (χ4n) is 3.63. The Morgan fingerprint density at radius 2 is 1.87 bits per heavy atom. The summed E-state index contributed by atoms with van der Waals surface area (Å²) in [4.78, 5) is 21.7. The lowest BCUT2D eigenvalue weighted by Crippen LogP contribution is -2.17. The SMILES string of the molecule is Cc1cc(C)nc(-n2nc(C)c3c2NC(=O)CS[C@@H]3c2ccccc2OC(C)C)n1. The highest BCUT2D eigenvalue weighted by Crippen LogP contribution is 2.46. The van der Waals surface area contributed by atoms with Crippen LogP contribution in [0.4, 0.5) is 5.82 Å². The highest BCUT2D eigenvalue weighted by molar-refractivity contribution is 8.00. The van der Waals surface area contributed by atoms with Gasteiger partial charge in [0.05, 0.1) is 22.8 Å². The number of fused-ring (bicyclic) bond motifs is 1. The number of aromatic nitrogens is 4. The van der Waals surface area contributed by atoms with Gasteiger partial charge in [0.1, 0.15) is 11.6 Å². The van der Waals surface area contributed by atoms with Crippen LogP contribution in [-0.2, 0) is 4.79 Å². The Balaban J connectivity index is 1.89. The summed E-state index contributed by atoms with van der Waals surface area (Å²) in [6, 6.07) is 9.90. The first-order valence-electron chi connectivity index (χ1n) is 9.92. The van der Waals surface area contributed by atoms with Crippen molar-refractivity contribution in [3.8, 4) is 11.7 Å². The summed E-state index contributed by atoms with van der Waals surface area (Å²) in [5.41, 5.74) is 4.50. The number of ether oxygens (including phenoxy) is 1. The second kappa shape index (κ2) is 8.10. The minimum Gasteiger partial charge on any atom is -0.491 e. The predicted octanol–water partition coefficient (Wildman–Crippen LogP) is 4.15. The van der Waals surface area contributed by atoms with Gasteiger partial charge in [-0.3, -0.25) is 4.79 Å². The highest BCUT2D eigenvalue weighted by Gasteiger charge is 2.32. The van der Waals surface area contributed by atoms with Gasteiger partial charge in [-0.1, -0.05) is 18.2 Å². The maximum Gasteiger partial charge on any atom is 0.252 e. The van der Waals surface area contributed by atoms with E-state index in [1.165, 1.54) is 0 Å². The Morgan fingerprint density at radius 3 is 2.57 bits per heavy atom. The number of amides is 1. The van der Waals surface area contributed by atoms with Crippen molar-refractivity contribution in [2.45, 2.75) is 46.0 Å². The second-order valence-electron chi connectivity index (χ2n) is 7.65. The maximum absolute atomic E-state index is 12.6. The molecule has 8 heteroatoms. The van der Waals surface area contributed by atoms with Crippen LogP contribution in [0.1, 0.15) is 47.3 Å². The molecule has 1 atom stereocenters. The zero-order valence-corrected chi connectivity index (χ0v) is 18.6. The van der Waals surface area contributed by atoms with Crippen molar-refractivity contribution in [3.05, 3.63) is 58.5 Å². The van der Waals surface area contributed by atoms with Crippen molar-refractivity contribution in [2.75, 3.05) is 11.1 Å². The lowest BCUT2D eigenvalue weighted by molar-refractivity contribution is -0.113. The molecule has 0 unspecified atom stereocenters. The van der Waals surface area contributed by atoms with Gasteiger partial charge < -0.3 is 10.1 Å². The minimum atomic E-state index is -0.103. The number of rotatable bonds is 4. The first-order chi connectivity index (χ1) is 14.3. The van der Waals surface area contributed by atoms with Gasteiger partial charge >= 0.3 is 0 Å². The molecule has 3 heterocycles. The van der Waals surface area contributed by atoms with Gasteiger partial charge in [-0.15, -0.1) is 11.8 Å². The largest absolute Gasteiger partial charge is 0.491 e. The molecule has 0 bridgehead atoms. The third-order valence-electron chi connectivity index (χ3n) is 4.73. The number of carbonyl (C=O) groups is 1. The van der Waals surface area contributed by atoms with Crippen LogP contribution in [0, 0.1) is 20.8 Å². The van der Waals surface area contributed by atoms with Gasteiger partial charge in [0.15, 0.2) is 0 Å². The van der Waals surface area contributed by atoms with E-state index in [0.29, 0.717) is 17.5 Å². The molecule has 1 amide bonds.